The molecule has 0 aromatic heterocycles. The molecular formula is C13H18BrNO. The fraction of sp³-hybridized carbons (Fsp3) is 0.538. The predicted molar refractivity (Wildman–Crippen MR) is 70.6 cm³/mol. The van der Waals surface area contributed by atoms with E-state index in [1.54, 1.807) is 0 Å². The molecule has 2 rings (SSSR count). The van der Waals surface area contributed by atoms with E-state index in [1.165, 1.54) is 12.1 Å². The fourth-order valence-corrected chi connectivity index (χ4v) is 2.50. The van der Waals surface area contributed by atoms with Gasteiger partial charge < -0.3 is 10.0 Å². The molecule has 0 bridgehead atoms. The first-order valence-electron chi connectivity index (χ1n) is 5.72. The average molecular weight is 284 g/mol. The van der Waals surface area contributed by atoms with Crippen LogP contribution < -0.4 is 4.90 Å². The molecule has 1 aliphatic rings. The van der Waals surface area contributed by atoms with Gasteiger partial charge in [-0.3, -0.25) is 0 Å². The number of hydrogen-bond donors (Lipinski definition) is 1. The number of aliphatic hydroxyl groups excluding tert-OH is 1. The van der Waals surface area contributed by atoms with Crippen molar-refractivity contribution in [1.82, 2.24) is 0 Å². The van der Waals surface area contributed by atoms with Crippen LogP contribution in [0, 0.1) is 11.8 Å². The summed E-state index contributed by atoms with van der Waals surface area (Å²) >= 11 is 3.48. The number of benzene rings is 1. The van der Waals surface area contributed by atoms with Crippen molar-refractivity contribution in [2.45, 2.75) is 20.0 Å². The van der Waals surface area contributed by atoms with Crippen LogP contribution >= 0.6 is 15.9 Å². The van der Waals surface area contributed by atoms with Gasteiger partial charge in [0.05, 0.1) is 6.61 Å². The van der Waals surface area contributed by atoms with Gasteiger partial charge in [0.25, 0.3) is 0 Å². The minimum Gasteiger partial charge on any atom is -0.392 e. The van der Waals surface area contributed by atoms with Crippen molar-refractivity contribution in [2.24, 2.45) is 11.8 Å². The molecule has 0 spiro atoms. The minimum atomic E-state index is 0.0875. The second-order valence-corrected chi connectivity index (χ2v) is 5.64. The van der Waals surface area contributed by atoms with E-state index in [4.69, 9.17) is 5.11 Å². The van der Waals surface area contributed by atoms with Gasteiger partial charge in [-0.05, 0) is 36.0 Å². The fourth-order valence-electron chi connectivity index (χ4n) is 2.01. The first-order valence-corrected chi connectivity index (χ1v) is 6.51. The zero-order valence-electron chi connectivity index (χ0n) is 9.78. The average Bonchev–Trinajstić information content (AvgIpc) is 2.94. The van der Waals surface area contributed by atoms with Crippen molar-refractivity contribution in [1.29, 1.82) is 0 Å². The van der Waals surface area contributed by atoms with E-state index in [2.05, 4.69) is 46.9 Å². The minimum absolute atomic E-state index is 0.0875. The smallest absolute Gasteiger partial charge is 0.0692 e. The van der Waals surface area contributed by atoms with Crippen LogP contribution in [0.4, 0.5) is 5.69 Å². The van der Waals surface area contributed by atoms with Crippen LogP contribution in [-0.2, 0) is 6.61 Å². The summed E-state index contributed by atoms with van der Waals surface area (Å²) in [6.07, 6.45) is 1.36. The van der Waals surface area contributed by atoms with Crippen LogP contribution in [0.25, 0.3) is 0 Å². The van der Waals surface area contributed by atoms with Crippen molar-refractivity contribution < 1.29 is 5.11 Å². The maximum Gasteiger partial charge on any atom is 0.0692 e. The molecule has 2 unspecified atom stereocenters. The maximum atomic E-state index is 9.09. The molecule has 1 N–H and O–H groups in total. The van der Waals surface area contributed by atoms with Crippen molar-refractivity contribution in [3.63, 3.8) is 0 Å². The SMILES string of the molecule is CC1CC1CN(C)c1ccc(CO)c(Br)c1. The topological polar surface area (TPSA) is 23.5 Å². The first-order chi connectivity index (χ1) is 7.61. The molecule has 0 heterocycles. The van der Waals surface area contributed by atoms with Crippen LogP contribution in [0.5, 0.6) is 0 Å². The first kappa shape index (κ1) is 11.9. The Balaban J connectivity index is 2.05. The highest BCUT2D eigenvalue weighted by molar-refractivity contribution is 9.10. The zero-order valence-corrected chi connectivity index (χ0v) is 11.4. The number of halogens is 1. The largest absolute Gasteiger partial charge is 0.392 e. The van der Waals surface area contributed by atoms with Gasteiger partial charge in [-0.2, -0.15) is 0 Å². The third-order valence-electron chi connectivity index (χ3n) is 3.43. The number of aliphatic hydroxyl groups is 1. The highest BCUT2D eigenvalue weighted by atomic mass is 79.9. The molecule has 1 aromatic carbocycles. The van der Waals surface area contributed by atoms with E-state index in [0.29, 0.717) is 0 Å². The Morgan fingerprint density at radius 3 is 2.69 bits per heavy atom. The molecule has 1 fully saturated rings. The molecule has 1 aliphatic carbocycles. The van der Waals surface area contributed by atoms with E-state index < -0.39 is 0 Å². The summed E-state index contributed by atoms with van der Waals surface area (Å²) in [6.45, 7) is 3.53. The van der Waals surface area contributed by atoms with Crippen LogP contribution in [0.1, 0.15) is 18.9 Å². The summed E-state index contributed by atoms with van der Waals surface area (Å²) in [5.74, 6) is 1.75. The normalized spacial score (nSPS) is 23.2. The Labute approximate surface area is 105 Å². The van der Waals surface area contributed by atoms with Crippen molar-refractivity contribution in [3.8, 4) is 0 Å². The lowest BCUT2D eigenvalue weighted by molar-refractivity contribution is 0.281. The second kappa shape index (κ2) is 4.76. The van der Waals surface area contributed by atoms with Gasteiger partial charge in [-0.25, -0.2) is 0 Å². The monoisotopic (exact) mass is 283 g/mol. The standard InChI is InChI=1S/C13H18BrNO/c1-9-5-11(9)7-15(2)12-4-3-10(8-16)13(14)6-12/h3-4,6,9,11,16H,5,7-8H2,1-2H3. The Morgan fingerprint density at radius 1 is 1.50 bits per heavy atom. The molecule has 16 heavy (non-hydrogen) atoms. The Morgan fingerprint density at radius 2 is 2.19 bits per heavy atom. The quantitative estimate of drug-likeness (QED) is 0.918. The molecule has 88 valence electrons. The van der Waals surface area contributed by atoms with Crippen molar-refractivity contribution in [2.75, 3.05) is 18.5 Å². The van der Waals surface area contributed by atoms with E-state index in [1.807, 2.05) is 6.07 Å². The van der Waals surface area contributed by atoms with Gasteiger partial charge in [0.2, 0.25) is 0 Å². The molecule has 3 heteroatoms. The molecule has 0 radical (unpaired) electrons. The molecule has 0 aliphatic heterocycles. The molecular weight excluding hydrogens is 266 g/mol. The lowest BCUT2D eigenvalue weighted by Gasteiger charge is -2.20. The van der Waals surface area contributed by atoms with E-state index in [9.17, 15) is 0 Å². The third kappa shape index (κ3) is 2.58. The molecule has 1 aromatic rings. The molecule has 0 saturated heterocycles. The van der Waals surface area contributed by atoms with Crippen molar-refractivity contribution >= 4 is 21.6 Å². The van der Waals surface area contributed by atoms with E-state index in [-0.39, 0.29) is 6.61 Å². The van der Waals surface area contributed by atoms with Gasteiger partial charge in [0, 0.05) is 23.8 Å². The lowest BCUT2D eigenvalue weighted by atomic mass is 10.2. The van der Waals surface area contributed by atoms with Gasteiger partial charge in [-0.15, -0.1) is 0 Å². The summed E-state index contributed by atoms with van der Waals surface area (Å²) in [7, 11) is 2.13. The number of anilines is 1. The Bertz CT molecular complexity index is 380. The number of rotatable bonds is 4. The summed E-state index contributed by atoms with van der Waals surface area (Å²) < 4.78 is 0.989. The number of hydrogen-bond acceptors (Lipinski definition) is 2. The molecule has 2 nitrogen and oxygen atoms in total. The van der Waals surface area contributed by atoms with Gasteiger partial charge in [0.15, 0.2) is 0 Å². The zero-order chi connectivity index (χ0) is 11.7. The highest BCUT2D eigenvalue weighted by Gasteiger charge is 2.33. The Hall–Kier alpha value is -0.540. The third-order valence-corrected chi connectivity index (χ3v) is 4.17. The molecule has 0 amide bonds. The maximum absolute atomic E-state index is 9.09. The van der Waals surface area contributed by atoms with E-state index >= 15 is 0 Å². The van der Waals surface area contributed by atoms with Gasteiger partial charge in [-0.1, -0.05) is 28.9 Å². The van der Waals surface area contributed by atoms with Crippen molar-refractivity contribution in [3.05, 3.63) is 28.2 Å². The van der Waals surface area contributed by atoms with Crippen LogP contribution in [0.3, 0.4) is 0 Å². The second-order valence-electron chi connectivity index (χ2n) is 4.79. The lowest BCUT2D eigenvalue weighted by Crippen LogP contribution is -2.20. The van der Waals surface area contributed by atoms with Crippen LogP contribution in [0.2, 0.25) is 0 Å². The summed E-state index contributed by atoms with van der Waals surface area (Å²) in [6, 6.07) is 6.13. The molecule has 2 atom stereocenters. The predicted octanol–water partition coefficient (Wildman–Crippen LogP) is 3.03. The van der Waals surface area contributed by atoms with Gasteiger partial charge >= 0.3 is 0 Å². The Kier molecular flexibility index (Phi) is 3.55. The number of nitrogens with zero attached hydrogens (tertiary/aromatic N) is 1. The van der Waals surface area contributed by atoms with Crippen LogP contribution in [-0.4, -0.2) is 18.7 Å². The summed E-state index contributed by atoms with van der Waals surface area (Å²) in [5.41, 5.74) is 2.15. The highest BCUT2D eigenvalue weighted by Crippen LogP contribution is 2.38. The molecule has 1 saturated carbocycles. The summed E-state index contributed by atoms with van der Waals surface area (Å²) in [5, 5.41) is 9.09. The van der Waals surface area contributed by atoms with E-state index in [0.717, 1.165) is 28.4 Å². The van der Waals surface area contributed by atoms with Gasteiger partial charge in [0.1, 0.15) is 0 Å². The summed E-state index contributed by atoms with van der Waals surface area (Å²) in [4.78, 5) is 2.29. The van der Waals surface area contributed by atoms with Crippen LogP contribution in [0.15, 0.2) is 22.7 Å².